The van der Waals surface area contributed by atoms with Gasteiger partial charge in [-0.1, -0.05) is 163 Å². The van der Waals surface area contributed by atoms with Gasteiger partial charge in [-0.15, -0.1) is 11.3 Å². The number of benzene rings is 8. The molecule has 3 aliphatic heterocycles. The Kier molecular flexibility index (Phi) is 7.60. The highest BCUT2D eigenvalue weighted by Crippen LogP contribution is 2.59. The number of hydrogen-bond acceptors (Lipinski definition) is 3. The van der Waals surface area contributed by atoms with Gasteiger partial charge < -0.3 is 9.71 Å². The van der Waals surface area contributed by atoms with Gasteiger partial charge in [0.1, 0.15) is 0 Å². The molecule has 0 saturated carbocycles. The molecule has 4 aliphatic rings. The maximum Gasteiger partial charge on any atom is 0.333 e. The molecule has 1 aromatic heterocycles. The van der Waals surface area contributed by atoms with E-state index >= 15 is 0 Å². The molecule has 0 spiro atoms. The maximum atomic E-state index is 2.73. The molecule has 0 amide bonds. The molecule has 0 saturated heterocycles. The fraction of sp³-hybridized carbons (Fsp3) is 0.186. The molecule has 63 heavy (non-hydrogen) atoms. The van der Waals surface area contributed by atoms with E-state index in [2.05, 4.69) is 215 Å². The van der Waals surface area contributed by atoms with Crippen LogP contribution in [0.3, 0.4) is 0 Å². The largest absolute Gasteiger partial charge is 0.376 e. The van der Waals surface area contributed by atoms with E-state index in [-0.39, 0.29) is 23.1 Å². The summed E-state index contributed by atoms with van der Waals surface area (Å²) in [6, 6.07) is 62.5. The summed E-state index contributed by atoms with van der Waals surface area (Å²) in [5.41, 5.74) is 22.5. The van der Waals surface area contributed by atoms with Crippen molar-refractivity contribution >= 4 is 77.7 Å². The van der Waals surface area contributed by atoms with Crippen molar-refractivity contribution in [2.45, 2.75) is 70.6 Å². The van der Waals surface area contributed by atoms with E-state index in [1.807, 2.05) is 11.3 Å². The second kappa shape index (κ2) is 12.9. The highest BCUT2D eigenvalue weighted by atomic mass is 32.1. The Morgan fingerprint density at radius 3 is 1.84 bits per heavy atom. The fourth-order valence-corrected chi connectivity index (χ4v) is 13.3. The molecule has 13 rings (SSSR count). The van der Waals surface area contributed by atoms with Crippen molar-refractivity contribution in [1.29, 1.82) is 0 Å². The lowest BCUT2D eigenvalue weighted by atomic mass is 9.42. The van der Waals surface area contributed by atoms with Crippen LogP contribution in [0.1, 0.15) is 76.6 Å². The molecular weight excluding hydrogens is 780 g/mol. The lowest BCUT2D eigenvalue weighted by Crippen LogP contribution is -2.62. The predicted molar refractivity (Wildman–Crippen MR) is 271 cm³/mol. The van der Waals surface area contributed by atoms with Crippen LogP contribution in [0, 0.1) is 0 Å². The van der Waals surface area contributed by atoms with Crippen LogP contribution in [0.5, 0.6) is 0 Å². The van der Waals surface area contributed by atoms with E-state index in [1.165, 1.54) is 128 Å². The fourth-order valence-electron chi connectivity index (χ4n) is 12.0. The zero-order chi connectivity index (χ0) is 42.6. The summed E-state index contributed by atoms with van der Waals surface area (Å²) in [7, 11) is 0. The molecule has 4 heteroatoms. The van der Waals surface area contributed by atoms with Crippen LogP contribution in [-0.4, -0.2) is 6.85 Å². The maximum absolute atomic E-state index is 2.73. The SMILES string of the molecule is CC1(C)CCC(C)(C)c2cc3c(cc21)N1c2cc4c(sc5ccccc54)c4c2B(c2cccc(c21)C3(C)C)N(c1cc(-c2ccccc2)cc(-c2ccccc2)c1)c1ccccc1-4. The smallest absolute Gasteiger partial charge is 0.333 e. The number of hydrogen-bond donors (Lipinski definition) is 0. The zero-order valence-electron chi connectivity index (χ0n) is 36.9. The summed E-state index contributed by atoms with van der Waals surface area (Å²) < 4.78 is 2.71. The van der Waals surface area contributed by atoms with Crippen molar-refractivity contribution in [1.82, 2.24) is 0 Å². The molecule has 304 valence electrons. The average Bonchev–Trinajstić information content (AvgIpc) is 3.68. The Bertz CT molecular complexity index is 3340. The van der Waals surface area contributed by atoms with Gasteiger partial charge in [-0.2, -0.15) is 0 Å². The van der Waals surface area contributed by atoms with Crippen LogP contribution < -0.4 is 20.6 Å². The molecule has 0 fully saturated rings. The standard InChI is InChI=1S/C59H49BN2S/c1-57(2)28-29-58(3,4)46-35-50-47(34-45(46)57)59(5,6)44-24-17-25-48-55(44)61(50)51-33-43-41-22-14-16-27-52(41)63-56(43)53-42-23-13-15-26-49(42)62(60(48)54(51)53)40-31-38(36-18-9-7-10-19-36)30-39(32-40)37-20-11-8-12-21-37/h7-27,30-35H,28-29H2,1-6H3. The summed E-state index contributed by atoms with van der Waals surface area (Å²) in [6.45, 7) is 14.8. The van der Waals surface area contributed by atoms with Crippen LogP contribution in [0.2, 0.25) is 0 Å². The summed E-state index contributed by atoms with van der Waals surface area (Å²) >= 11 is 1.96. The Morgan fingerprint density at radius 1 is 0.492 bits per heavy atom. The number of rotatable bonds is 3. The third-order valence-corrected chi connectivity index (χ3v) is 16.6. The first kappa shape index (κ1) is 37.2. The van der Waals surface area contributed by atoms with Gasteiger partial charge in [-0.25, -0.2) is 0 Å². The monoisotopic (exact) mass is 828 g/mol. The lowest BCUT2D eigenvalue weighted by Gasteiger charge is -2.52. The van der Waals surface area contributed by atoms with Gasteiger partial charge >= 0.3 is 6.85 Å². The number of para-hydroxylation sites is 2. The van der Waals surface area contributed by atoms with Crippen molar-refractivity contribution in [3.05, 3.63) is 186 Å². The first-order chi connectivity index (χ1) is 30.5. The van der Waals surface area contributed by atoms with Crippen LogP contribution in [-0.2, 0) is 16.2 Å². The summed E-state index contributed by atoms with van der Waals surface area (Å²) in [5, 5.41) is 2.68. The van der Waals surface area contributed by atoms with Crippen molar-refractivity contribution < 1.29 is 0 Å². The molecule has 0 atom stereocenters. The highest BCUT2D eigenvalue weighted by Gasteiger charge is 2.51. The number of fused-ring (bicyclic) bond motifs is 11. The molecular formula is C59H49BN2S. The van der Waals surface area contributed by atoms with E-state index in [9.17, 15) is 0 Å². The topological polar surface area (TPSA) is 6.48 Å². The normalized spacial score (nSPS) is 16.9. The van der Waals surface area contributed by atoms with Crippen LogP contribution in [0.25, 0.3) is 53.6 Å². The Hall–Kier alpha value is -6.36. The van der Waals surface area contributed by atoms with Crippen molar-refractivity contribution in [2.24, 2.45) is 0 Å². The van der Waals surface area contributed by atoms with Crippen LogP contribution >= 0.6 is 11.3 Å². The van der Waals surface area contributed by atoms with Gasteiger partial charge in [0.15, 0.2) is 0 Å². The molecule has 0 radical (unpaired) electrons. The van der Waals surface area contributed by atoms with Crippen molar-refractivity contribution in [3.63, 3.8) is 0 Å². The van der Waals surface area contributed by atoms with Gasteiger partial charge in [-0.3, -0.25) is 0 Å². The number of nitrogens with zero attached hydrogens (tertiary/aromatic N) is 2. The quantitative estimate of drug-likeness (QED) is 0.164. The minimum absolute atomic E-state index is 0.0745. The lowest BCUT2D eigenvalue weighted by molar-refractivity contribution is 0.331. The molecule has 1 aliphatic carbocycles. The molecule has 8 aromatic carbocycles. The van der Waals surface area contributed by atoms with Gasteiger partial charge in [-0.05, 0) is 122 Å². The summed E-state index contributed by atoms with van der Waals surface area (Å²) in [5.74, 6) is 0. The van der Waals surface area contributed by atoms with Gasteiger partial charge in [0.2, 0.25) is 0 Å². The Morgan fingerprint density at radius 2 is 1.13 bits per heavy atom. The highest BCUT2D eigenvalue weighted by molar-refractivity contribution is 7.26. The van der Waals surface area contributed by atoms with Gasteiger partial charge in [0.05, 0.1) is 5.69 Å². The molecule has 2 nitrogen and oxygen atoms in total. The summed E-state index contributed by atoms with van der Waals surface area (Å²) in [4.78, 5) is 5.43. The molecule has 0 bridgehead atoms. The average molecular weight is 829 g/mol. The number of thiophene rings is 1. The first-order valence-electron chi connectivity index (χ1n) is 22.8. The van der Waals surface area contributed by atoms with E-state index in [1.54, 1.807) is 0 Å². The van der Waals surface area contributed by atoms with Gasteiger partial charge in [0, 0.05) is 59.5 Å². The van der Waals surface area contributed by atoms with E-state index < -0.39 is 0 Å². The second-order valence-corrected chi connectivity index (χ2v) is 21.4. The summed E-state index contributed by atoms with van der Waals surface area (Å²) in [6.07, 6.45) is 2.38. The molecule has 9 aromatic rings. The molecule has 0 N–H and O–H groups in total. The Balaban J connectivity index is 1.17. The molecule has 0 unspecified atom stereocenters. The minimum atomic E-state index is -0.228. The second-order valence-electron chi connectivity index (χ2n) is 20.3. The third kappa shape index (κ3) is 5.13. The third-order valence-electron chi connectivity index (χ3n) is 15.4. The predicted octanol–water partition coefficient (Wildman–Crippen LogP) is 15.1. The van der Waals surface area contributed by atoms with Crippen molar-refractivity contribution in [2.75, 3.05) is 9.71 Å². The van der Waals surface area contributed by atoms with Crippen LogP contribution in [0.15, 0.2) is 164 Å². The Labute approximate surface area is 375 Å². The van der Waals surface area contributed by atoms with Crippen LogP contribution in [0.4, 0.5) is 28.4 Å². The van der Waals surface area contributed by atoms with Gasteiger partial charge in [0.25, 0.3) is 0 Å². The van der Waals surface area contributed by atoms with E-state index in [0.717, 1.165) is 0 Å². The zero-order valence-corrected chi connectivity index (χ0v) is 37.7. The molecule has 4 heterocycles. The first-order valence-corrected chi connectivity index (χ1v) is 23.6. The van der Waals surface area contributed by atoms with E-state index in [4.69, 9.17) is 0 Å². The van der Waals surface area contributed by atoms with E-state index in [0.29, 0.717) is 0 Å². The number of anilines is 5. The minimum Gasteiger partial charge on any atom is -0.376 e. The van der Waals surface area contributed by atoms with Crippen molar-refractivity contribution in [3.8, 4) is 33.4 Å².